The molecule has 0 saturated carbocycles. The molecule has 2 N–H and O–H groups in total. The van der Waals surface area contributed by atoms with Gasteiger partial charge in [0, 0.05) is 5.56 Å². The van der Waals surface area contributed by atoms with E-state index in [0.29, 0.717) is 12.1 Å². The van der Waals surface area contributed by atoms with Crippen molar-refractivity contribution < 1.29 is 9.13 Å². The fourth-order valence-corrected chi connectivity index (χ4v) is 1.38. The van der Waals surface area contributed by atoms with Crippen LogP contribution in [0.4, 0.5) is 4.39 Å². The van der Waals surface area contributed by atoms with Crippen LogP contribution < -0.4 is 10.5 Å². The number of nitrogens with two attached hydrogens (primary N) is 1. The van der Waals surface area contributed by atoms with E-state index in [1.807, 2.05) is 13.0 Å². The average Bonchev–Trinajstić information content (AvgIpc) is 2.26. The van der Waals surface area contributed by atoms with E-state index in [1.54, 1.807) is 18.2 Å². The average molecular weight is 209 g/mol. The molecule has 0 aliphatic heterocycles. The number of methoxy groups -OCH3 is 1. The molecule has 0 fully saturated rings. The van der Waals surface area contributed by atoms with Gasteiger partial charge in [-0.2, -0.15) is 0 Å². The van der Waals surface area contributed by atoms with Gasteiger partial charge in [-0.25, -0.2) is 4.39 Å². The Labute approximate surface area is 89.6 Å². The summed E-state index contributed by atoms with van der Waals surface area (Å²) in [6, 6.07) is 5.12. The molecule has 0 aliphatic carbocycles. The summed E-state index contributed by atoms with van der Waals surface area (Å²) >= 11 is 0. The van der Waals surface area contributed by atoms with Crippen LogP contribution in [-0.4, -0.2) is 13.7 Å². The van der Waals surface area contributed by atoms with Gasteiger partial charge in [0.25, 0.3) is 0 Å². The van der Waals surface area contributed by atoms with Crippen molar-refractivity contribution in [1.29, 1.82) is 0 Å². The lowest BCUT2D eigenvalue weighted by atomic mass is 10.1. The Balaban J connectivity index is 3.03. The maximum absolute atomic E-state index is 13.8. The van der Waals surface area contributed by atoms with Gasteiger partial charge in [0.2, 0.25) is 0 Å². The summed E-state index contributed by atoms with van der Waals surface area (Å²) in [4.78, 5) is 0. The smallest absolute Gasteiger partial charge is 0.172 e. The van der Waals surface area contributed by atoms with Crippen molar-refractivity contribution in [2.45, 2.75) is 13.3 Å². The second kappa shape index (κ2) is 5.51. The van der Waals surface area contributed by atoms with Crippen LogP contribution in [0.2, 0.25) is 0 Å². The maximum Gasteiger partial charge on any atom is 0.172 e. The minimum atomic E-state index is -0.314. The summed E-state index contributed by atoms with van der Waals surface area (Å²) < 4.78 is 18.7. The molecule has 1 rings (SSSR count). The van der Waals surface area contributed by atoms with Gasteiger partial charge in [0.15, 0.2) is 11.6 Å². The summed E-state index contributed by atoms with van der Waals surface area (Å²) in [6.07, 6.45) is 2.68. The van der Waals surface area contributed by atoms with Crippen molar-refractivity contribution in [2.24, 2.45) is 5.73 Å². The highest BCUT2D eigenvalue weighted by Gasteiger charge is 2.08. The largest absolute Gasteiger partial charge is 0.494 e. The molecule has 1 aromatic rings. The van der Waals surface area contributed by atoms with Gasteiger partial charge >= 0.3 is 0 Å². The number of allylic oxidation sites excluding steroid dienone is 1. The van der Waals surface area contributed by atoms with E-state index in [0.717, 1.165) is 12.0 Å². The number of rotatable bonds is 4. The van der Waals surface area contributed by atoms with Crippen LogP contribution in [0.25, 0.3) is 5.57 Å². The monoisotopic (exact) mass is 209 g/mol. The van der Waals surface area contributed by atoms with E-state index >= 15 is 0 Å². The molecule has 0 heterocycles. The second-order valence-electron chi connectivity index (χ2n) is 3.29. The highest BCUT2D eigenvalue weighted by atomic mass is 19.1. The molecule has 0 aliphatic rings. The van der Waals surface area contributed by atoms with Crippen LogP contribution in [0.15, 0.2) is 24.3 Å². The first-order chi connectivity index (χ1) is 7.20. The lowest BCUT2D eigenvalue weighted by Gasteiger charge is -2.07. The standard InChI is InChI=1S/C12H16FNO/c1-9(5-4-8-14)10-6-3-7-11(15-2)12(10)13/h3,5-7H,4,8,14H2,1-2H3/b9-5+. The summed E-state index contributed by atoms with van der Waals surface area (Å²) in [5, 5.41) is 0. The van der Waals surface area contributed by atoms with Crippen molar-refractivity contribution in [2.75, 3.05) is 13.7 Å². The zero-order valence-electron chi connectivity index (χ0n) is 9.09. The van der Waals surface area contributed by atoms with Crippen molar-refractivity contribution in [3.63, 3.8) is 0 Å². The third kappa shape index (κ3) is 2.80. The highest BCUT2D eigenvalue weighted by molar-refractivity contribution is 5.65. The Kier molecular flexibility index (Phi) is 4.31. The molecule has 0 unspecified atom stereocenters. The van der Waals surface area contributed by atoms with Crippen molar-refractivity contribution in [3.05, 3.63) is 35.7 Å². The molecule has 0 atom stereocenters. The Bertz CT molecular complexity index is 361. The highest BCUT2D eigenvalue weighted by Crippen LogP contribution is 2.25. The molecule has 0 aromatic heterocycles. The molecular formula is C12H16FNO. The van der Waals surface area contributed by atoms with Gasteiger partial charge in [-0.3, -0.25) is 0 Å². The van der Waals surface area contributed by atoms with E-state index in [4.69, 9.17) is 10.5 Å². The predicted molar refractivity (Wildman–Crippen MR) is 60.3 cm³/mol. The first-order valence-electron chi connectivity index (χ1n) is 4.90. The quantitative estimate of drug-likeness (QED) is 0.827. The fourth-order valence-electron chi connectivity index (χ4n) is 1.38. The van der Waals surface area contributed by atoms with Crippen molar-refractivity contribution in [1.82, 2.24) is 0 Å². The van der Waals surface area contributed by atoms with E-state index in [2.05, 4.69) is 0 Å². The minimum Gasteiger partial charge on any atom is -0.494 e. The normalized spacial score (nSPS) is 11.6. The predicted octanol–water partition coefficient (Wildman–Crippen LogP) is 2.59. The van der Waals surface area contributed by atoms with Crippen molar-refractivity contribution >= 4 is 5.57 Å². The van der Waals surface area contributed by atoms with Gasteiger partial charge in [-0.15, -0.1) is 0 Å². The number of hydrogen-bond donors (Lipinski definition) is 1. The zero-order valence-corrected chi connectivity index (χ0v) is 9.09. The zero-order chi connectivity index (χ0) is 11.3. The van der Waals surface area contributed by atoms with Crippen LogP contribution in [0.5, 0.6) is 5.75 Å². The third-order valence-electron chi connectivity index (χ3n) is 2.23. The third-order valence-corrected chi connectivity index (χ3v) is 2.23. The van der Waals surface area contributed by atoms with E-state index in [-0.39, 0.29) is 11.6 Å². The van der Waals surface area contributed by atoms with Gasteiger partial charge in [0.1, 0.15) is 0 Å². The number of benzene rings is 1. The number of hydrogen-bond acceptors (Lipinski definition) is 2. The minimum absolute atomic E-state index is 0.271. The lowest BCUT2D eigenvalue weighted by molar-refractivity contribution is 0.386. The summed E-state index contributed by atoms with van der Waals surface area (Å²) in [5.41, 5.74) is 6.84. The summed E-state index contributed by atoms with van der Waals surface area (Å²) in [6.45, 7) is 2.44. The molecule has 0 radical (unpaired) electrons. The Morgan fingerprint density at radius 1 is 1.53 bits per heavy atom. The molecule has 0 bridgehead atoms. The molecule has 0 spiro atoms. The van der Waals surface area contributed by atoms with E-state index in [9.17, 15) is 4.39 Å². The molecule has 2 nitrogen and oxygen atoms in total. The van der Waals surface area contributed by atoms with Crippen LogP contribution in [0.1, 0.15) is 18.9 Å². The lowest BCUT2D eigenvalue weighted by Crippen LogP contribution is -1.97. The number of halogens is 1. The molecule has 1 aromatic carbocycles. The van der Waals surface area contributed by atoms with Crippen LogP contribution >= 0.6 is 0 Å². The first-order valence-corrected chi connectivity index (χ1v) is 4.90. The first kappa shape index (κ1) is 11.7. The Hall–Kier alpha value is -1.35. The topological polar surface area (TPSA) is 35.2 Å². The van der Waals surface area contributed by atoms with Gasteiger partial charge in [-0.1, -0.05) is 18.2 Å². The molecule has 82 valence electrons. The number of ether oxygens (including phenoxy) is 1. The Morgan fingerprint density at radius 2 is 2.27 bits per heavy atom. The van der Waals surface area contributed by atoms with Crippen LogP contribution in [0, 0.1) is 5.82 Å². The summed E-state index contributed by atoms with van der Waals surface area (Å²) in [5.74, 6) is -0.0428. The van der Waals surface area contributed by atoms with Crippen molar-refractivity contribution in [3.8, 4) is 5.75 Å². The molecule has 0 saturated heterocycles. The Morgan fingerprint density at radius 3 is 2.87 bits per heavy atom. The molecule has 3 heteroatoms. The molecule has 15 heavy (non-hydrogen) atoms. The van der Waals surface area contributed by atoms with Gasteiger partial charge in [0.05, 0.1) is 7.11 Å². The maximum atomic E-state index is 13.8. The van der Waals surface area contributed by atoms with E-state index in [1.165, 1.54) is 7.11 Å². The SMILES string of the molecule is COc1cccc(/C(C)=C/CCN)c1F. The second-order valence-corrected chi connectivity index (χ2v) is 3.29. The van der Waals surface area contributed by atoms with Crippen LogP contribution in [0.3, 0.4) is 0 Å². The summed E-state index contributed by atoms with van der Waals surface area (Å²) in [7, 11) is 1.46. The van der Waals surface area contributed by atoms with Gasteiger partial charge in [-0.05, 0) is 31.5 Å². The van der Waals surface area contributed by atoms with Crippen LogP contribution in [-0.2, 0) is 0 Å². The van der Waals surface area contributed by atoms with Gasteiger partial charge < -0.3 is 10.5 Å². The van der Waals surface area contributed by atoms with E-state index < -0.39 is 0 Å². The molecule has 0 amide bonds. The molecular weight excluding hydrogens is 193 g/mol. The fraction of sp³-hybridized carbons (Fsp3) is 0.333.